The SMILES string of the molecule is CC(C(N)=O)C(=O)c1coc2ccccc12. The van der Waals surface area contributed by atoms with Gasteiger partial charge >= 0.3 is 0 Å². The summed E-state index contributed by atoms with van der Waals surface area (Å²) in [5, 5.41) is 0.709. The highest BCUT2D eigenvalue weighted by Gasteiger charge is 2.23. The second-order valence-corrected chi connectivity index (χ2v) is 3.63. The zero-order chi connectivity index (χ0) is 11.7. The van der Waals surface area contributed by atoms with Gasteiger partial charge in [0.05, 0.1) is 11.5 Å². The maximum absolute atomic E-state index is 11.9. The number of carbonyl (C=O) groups is 2. The summed E-state index contributed by atoms with van der Waals surface area (Å²) in [4.78, 5) is 22.8. The summed E-state index contributed by atoms with van der Waals surface area (Å²) < 4.78 is 5.23. The molecule has 82 valence electrons. The van der Waals surface area contributed by atoms with Crippen LogP contribution >= 0.6 is 0 Å². The third kappa shape index (κ3) is 1.58. The van der Waals surface area contributed by atoms with Crippen molar-refractivity contribution in [3.05, 3.63) is 36.1 Å². The Morgan fingerprint density at radius 3 is 2.69 bits per heavy atom. The maximum Gasteiger partial charge on any atom is 0.228 e. The van der Waals surface area contributed by atoms with Crippen molar-refractivity contribution in [3.63, 3.8) is 0 Å². The standard InChI is InChI=1S/C12H11NO3/c1-7(12(13)15)11(14)9-6-16-10-5-3-2-4-8(9)10/h2-7H,1H3,(H2,13,15). The van der Waals surface area contributed by atoms with Gasteiger partial charge in [-0.25, -0.2) is 0 Å². The molecule has 2 aromatic rings. The summed E-state index contributed by atoms with van der Waals surface area (Å²) in [5.41, 5.74) is 6.13. The molecule has 1 heterocycles. The van der Waals surface area contributed by atoms with E-state index in [1.54, 1.807) is 12.1 Å². The van der Waals surface area contributed by atoms with Crippen molar-refractivity contribution in [1.29, 1.82) is 0 Å². The van der Waals surface area contributed by atoms with Gasteiger partial charge in [0, 0.05) is 5.39 Å². The number of ketones is 1. The molecule has 0 aliphatic carbocycles. The van der Waals surface area contributed by atoms with Crippen LogP contribution in [0, 0.1) is 5.92 Å². The number of amides is 1. The average Bonchev–Trinajstić information content (AvgIpc) is 2.70. The number of rotatable bonds is 3. The van der Waals surface area contributed by atoms with Crippen molar-refractivity contribution in [2.24, 2.45) is 11.7 Å². The van der Waals surface area contributed by atoms with Gasteiger partial charge in [-0.3, -0.25) is 9.59 Å². The molecule has 1 unspecified atom stereocenters. The number of fused-ring (bicyclic) bond motifs is 1. The van der Waals surface area contributed by atoms with E-state index in [1.165, 1.54) is 13.2 Å². The molecule has 0 spiro atoms. The number of hydrogen-bond donors (Lipinski definition) is 1. The Labute approximate surface area is 92.0 Å². The highest BCUT2D eigenvalue weighted by atomic mass is 16.3. The van der Waals surface area contributed by atoms with Crippen LogP contribution in [0.1, 0.15) is 17.3 Å². The molecule has 0 aliphatic heterocycles. The molecular weight excluding hydrogens is 206 g/mol. The zero-order valence-corrected chi connectivity index (χ0v) is 8.77. The Kier molecular flexibility index (Phi) is 2.48. The Hall–Kier alpha value is -2.10. The molecule has 0 saturated heterocycles. The van der Waals surface area contributed by atoms with Crippen LogP contribution in [-0.4, -0.2) is 11.7 Å². The van der Waals surface area contributed by atoms with E-state index in [2.05, 4.69) is 0 Å². The summed E-state index contributed by atoms with van der Waals surface area (Å²) in [6.45, 7) is 1.49. The van der Waals surface area contributed by atoms with E-state index in [9.17, 15) is 9.59 Å². The number of benzene rings is 1. The van der Waals surface area contributed by atoms with E-state index in [-0.39, 0.29) is 5.78 Å². The predicted octanol–water partition coefficient (Wildman–Crippen LogP) is 1.74. The molecule has 2 N–H and O–H groups in total. The van der Waals surface area contributed by atoms with Crippen molar-refractivity contribution < 1.29 is 14.0 Å². The largest absolute Gasteiger partial charge is 0.464 e. The number of para-hydroxylation sites is 1. The van der Waals surface area contributed by atoms with Crippen molar-refractivity contribution >= 4 is 22.7 Å². The number of hydrogen-bond acceptors (Lipinski definition) is 3. The van der Waals surface area contributed by atoms with Crippen LogP contribution in [0.2, 0.25) is 0 Å². The van der Waals surface area contributed by atoms with Gasteiger partial charge < -0.3 is 10.2 Å². The lowest BCUT2D eigenvalue weighted by Crippen LogP contribution is -2.27. The third-order valence-corrected chi connectivity index (χ3v) is 2.57. The number of nitrogens with two attached hydrogens (primary N) is 1. The fraction of sp³-hybridized carbons (Fsp3) is 0.167. The quantitative estimate of drug-likeness (QED) is 0.628. The Morgan fingerprint density at radius 2 is 2.00 bits per heavy atom. The fourth-order valence-corrected chi connectivity index (χ4v) is 1.53. The predicted molar refractivity (Wildman–Crippen MR) is 58.9 cm³/mol. The number of carbonyl (C=O) groups excluding carboxylic acids is 2. The van der Waals surface area contributed by atoms with Crippen LogP contribution in [0.15, 0.2) is 34.9 Å². The summed E-state index contributed by atoms with van der Waals surface area (Å²) in [7, 11) is 0. The molecule has 0 radical (unpaired) electrons. The molecule has 2 rings (SSSR count). The van der Waals surface area contributed by atoms with Gasteiger partial charge in [-0.05, 0) is 13.0 Å². The molecule has 1 aromatic heterocycles. The molecule has 0 fully saturated rings. The first-order valence-electron chi connectivity index (χ1n) is 4.91. The van der Waals surface area contributed by atoms with E-state index >= 15 is 0 Å². The molecule has 1 atom stereocenters. The van der Waals surface area contributed by atoms with Gasteiger partial charge in [0.1, 0.15) is 11.8 Å². The Balaban J connectivity index is 2.48. The molecule has 1 amide bonds. The van der Waals surface area contributed by atoms with Gasteiger partial charge in [-0.15, -0.1) is 0 Å². The van der Waals surface area contributed by atoms with E-state index in [0.29, 0.717) is 16.5 Å². The number of primary amides is 1. The van der Waals surface area contributed by atoms with Gasteiger partial charge in [0.2, 0.25) is 5.91 Å². The number of furan rings is 1. The van der Waals surface area contributed by atoms with Crippen molar-refractivity contribution in [2.45, 2.75) is 6.92 Å². The minimum absolute atomic E-state index is 0.308. The smallest absolute Gasteiger partial charge is 0.228 e. The van der Waals surface area contributed by atoms with Gasteiger partial charge in [-0.2, -0.15) is 0 Å². The molecule has 0 aliphatic rings. The van der Waals surface area contributed by atoms with E-state index in [0.717, 1.165) is 0 Å². The van der Waals surface area contributed by atoms with Crippen LogP contribution in [-0.2, 0) is 4.79 Å². The first kappa shape index (κ1) is 10.4. The average molecular weight is 217 g/mol. The zero-order valence-electron chi connectivity index (χ0n) is 8.77. The summed E-state index contributed by atoms with van der Waals surface area (Å²) in [6.07, 6.45) is 1.37. The molecule has 4 heteroatoms. The summed E-state index contributed by atoms with van der Waals surface area (Å²) in [5.74, 6) is -1.77. The Morgan fingerprint density at radius 1 is 1.31 bits per heavy atom. The lowest BCUT2D eigenvalue weighted by Gasteiger charge is -2.03. The lowest BCUT2D eigenvalue weighted by atomic mass is 9.98. The van der Waals surface area contributed by atoms with Crippen molar-refractivity contribution in [2.75, 3.05) is 0 Å². The molecule has 1 aromatic carbocycles. The first-order chi connectivity index (χ1) is 7.61. The fourth-order valence-electron chi connectivity index (χ4n) is 1.53. The maximum atomic E-state index is 11.9. The molecule has 16 heavy (non-hydrogen) atoms. The van der Waals surface area contributed by atoms with Crippen LogP contribution in [0.5, 0.6) is 0 Å². The molecule has 4 nitrogen and oxygen atoms in total. The summed E-state index contributed by atoms with van der Waals surface area (Å²) in [6, 6.07) is 7.17. The monoisotopic (exact) mass is 217 g/mol. The molecule has 0 saturated carbocycles. The van der Waals surface area contributed by atoms with Crippen LogP contribution < -0.4 is 5.73 Å². The van der Waals surface area contributed by atoms with E-state index in [1.807, 2.05) is 12.1 Å². The van der Waals surface area contributed by atoms with Crippen LogP contribution in [0.3, 0.4) is 0 Å². The highest BCUT2D eigenvalue weighted by molar-refractivity contribution is 6.15. The van der Waals surface area contributed by atoms with Crippen molar-refractivity contribution in [1.82, 2.24) is 0 Å². The molecule has 0 bridgehead atoms. The van der Waals surface area contributed by atoms with Gasteiger partial charge in [-0.1, -0.05) is 18.2 Å². The first-order valence-corrected chi connectivity index (χ1v) is 4.91. The topological polar surface area (TPSA) is 73.3 Å². The van der Waals surface area contributed by atoms with Crippen LogP contribution in [0.25, 0.3) is 11.0 Å². The van der Waals surface area contributed by atoms with Gasteiger partial charge in [0.25, 0.3) is 0 Å². The summed E-state index contributed by atoms with van der Waals surface area (Å²) >= 11 is 0. The third-order valence-electron chi connectivity index (χ3n) is 2.57. The minimum atomic E-state index is -0.832. The normalized spacial score (nSPS) is 12.6. The lowest BCUT2D eigenvalue weighted by molar-refractivity contribution is -0.119. The van der Waals surface area contributed by atoms with E-state index in [4.69, 9.17) is 10.2 Å². The van der Waals surface area contributed by atoms with Crippen molar-refractivity contribution in [3.8, 4) is 0 Å². The minimum Gasteiger partial charge on any atom is -0.464 e. The second kappa shape index (κ2) is 3.81. The van der Waals surface area contributed by atoms with Gasteiger partial charge in [0.15, 0.2) is 5.78 Å². The Bertz CT molecular complexity index is 556. The number of Topliss-reactive ketones (excluding diaryl/α,β-unsaturated/α-hetero) is 1. The van der Waals surface area contributed by atoms with Crippen LogP contribution in [0.4, 0.5) is 0 Å². The highest BCUT2D eigenvalue weighted by Crippen LogP contribution is 2.23. The van der Waals surface area contributed by atoms with E-state index < -0.39 is 11.8 Å². The molecular formula is C12H11NO3. The second-order valence-electron chi connectivity index (χ2n) is 3.63.